The van der Waals surface area contributed by atoms with Gasteiger partial charge in [-0.25, -0.2) is 0 Å². The third-order valence-electron chi connectivity index (χ3n) is 4.14. The lowest BCUT2D eigenvalue weighted by molar-refractivity contribution is 0.303. The summed E-state index contributed by atoms with van der Waals surface area (Å²) in [5.41, 5.74) is 3.29. The third-order valence-corrected chi connectivity index (χ3v) is 4.14. The summed E-state index contributed by atoms with van der Waals surface area (Å²) in [6, 6.07) is 16.3. The van der Waals surface area contributed by atoms with E-state index in [4.69, 9.17) is 4.74 Å². The largest absolute Gasteiger partial charge is 0.497 e. The first-order valence-corrected chi connectivity index (χ1v) is 8.72. The minimum atomic E-state index is 0. The maximum Gasteiger partial charge on any atom is 0.119 e. The third kappa shape index (κ3) is 7.52. The molecule has 2 aromatic carbocycles. The number of ether oxygens (including phenoxy) is 1. The molecule has 4 nitrogen and oxygen atoms in total. The van der Waals surface area contributed by atoms with Crippen molar-refractivity contribution in [2.24, 2.45) is 0 Å². The molecule has 2 aromatic rings. The van der Waals surface area contributed by atoms with Crippen LogP contribution in [0.2, 0.25) is 0 Å². The van der Waals surface area contributed by atoms with Crippen molar-refractivity contribution in [2.45, 2.75) is 20.3 Å². The lowest BCUT2D eigenvalue weighted by Crippen LogP contribution is -2.25. The number of hydrogen-bond donors (Lipinski definition) is 2. The summed E-state index contributed by atoms with van der Waals surface area (Å²) in [7, 11) is 1.68. The maximum atomic E-state index is 5.17. The van der Waals surface area contributed by atoms with Gasteiger partial charge in [-0.2, -0.15) is 0 Å². The molecule has 0 bridgehead atoms. The molecule has 0 spiro atoms. The zero-order valence-corrected chi connectivity index (χ0v) is 17.7. The fourth-order valence-electron chi connectivity index (χ4n) is 2.59. The van der Waals surface area contributed by atoms with Crippen molar-refractivity contribution in [2.75, 3.05) is 43.9 Å². The normalized spacial score (nSPS) is 10.2. The van der Waals surface area contributed by atoms with Crippen molar-refractivity contribution in [3.05, 3.63) is 48.5 Å². The van der Waals surface area contributed by atoms with Crippen LogP contribution in [0.1, 0.15) is 20.3 Å². The van der Waals surface area contributed by atoms with Crippen molar-refractivity contribution in [1.29, 1.82) is 0 Å². The number of nitrogens with zero attached hydrogens (tertiary/aromatic N) is 1. The molecule has 0 aliphatic carbocycles. The van der Waals surface area contributed by atoms with Gasteiger partial charge in [-0.05, 0) is 74.6 Å². The molecule has 0 saturated heterocycles. The van der Waals surface area contributed by atoms with E-state index in [0.29, 0.717) is 0 Å². The molecular formula is C20H30IN3O. The molecule has 0 aliphatic heterocycles. The molecule has 0 radical (unpaired) electrons. The van der Waals surface area contributed by atoms with Crippen LogP contribution in [-0.4, -0.2) is 38.2 Å². The second-order valence-electron chi connectivity index (χ2n) is 5.74. The first kappa shape index (κ1) is 21.6. The Morgan fingerprint density at radius 3 is 1.88 bits per heavy atom. The molecule has 138 valence electrons. The molecule has 0 aliphatic rings. The molecule has 25 heavy (non-hydrogen) atoms. The summed E-state index contributed by atoms with van der Waals surface area (Å²) in [4.78, 5) is 2.45. The molecule has 0 atom stereocenters. The predicted molar refractivity (Wildman–Crippen MR) is 119 cm³/mol. The average Bonchev–Trinajstić information content (AvgIpc) is 2.64. The van der Waals surface area contributed by atoms with E-state index >= 15 is 0 Å². The van der Waals surface area contributed by atoms with Crippen LogP contribution >= 0.6 is 24.0 Å². The van der Waals surface area contributed by atoms with E-state index in [1.807, 2.05) is 24.3 Å². The quantitative estimate of drug-likeness (QED) is 0.382. The van der Waals surface area contributed by atoms with Crippen molar-refractivity contribution >= 4 is 41.0 Å². The second kappa shape index (κ2) is 12.0. The highest BCUT2D eigenvalue weighted by Crippen LogP contribution is 2.21. The molecule has 0 amide bonds. The fourth-order valence-corrected chi connectivity index (χ4v) is 2.59. The van der Waals surface area contributed by atoms with Gasteiger partial charge < -0.3 is 20.3 Å². The first-order chi connectivity index (χ1) is 11.7. The van der Waals surface area contributed by atoms with Crippen LogP contribution in [0, 0.1) is 0 Å². The lowest BCUT2D eigenvalue weighted by atomic mass is 10.2. The van der Waals surface area contributed by atoms with Crippen LogP contribution in [0.3, 0.4) is 0 Å². The van der Waals surface area contributed by atoms with Crippen LogP contribution in [0.15, 0.2) is 48.5 Å². The van der Waals surface area contributed by atoms with Gasteiger partial charge in [-0.15, -0.1) is 24.0 Å². The molecule has 0 unspecified atom stereocenters. The SMILES string of the molecule is CCN(CC)CCCNc1ccc(Nc2ccc(OC)cc2)cc1.I. The van der Waals surface area contributed by atoms with Crippen molar-refractivity contribution in [1.82, 2.24) is 4.90 Å². The Hall–Kier alpha value is -1.47. The molecule has 0 aromatic heterocycles. The molecule has 2 rings (SSSR count). The summed E-state index contributed by atoms with van der Waals surface area (Å²) in [6.45, 7) is 8.83. The molecule has 2 N–H and O–H groups in total. The number of hydrogen-bond acceptors (Lipinski definition) is 4. The van der Waals surface area contributed by atoms with E-state index in [-0.39, 0.29) is 24.0 Å². The van der Waals surface area contributed by atoms with E-state index in [2.05, 4.69) is 53.6 Å². The zero-order chi connectivity index (χ0) is 17.2. The van der Waals surface area contributed by atoms with E-state index in [1.165, 1.54) is 0 Å². The van der Waals surface area contributed by atoms with Gasteiger partial charge in [0.05, 0.1) is 7.11 Å². The Morgan fingerprint density at radius 1 is 0.840 bits per heavy atom. The van der Waals surface area contributed by atoms with Crippen LogP contribution in [-0.2, 0) is 0 Å². The van der Waals surface area contributed by atoms with Crippen LogP contribution in [0.25, 0.3) is 0 Å². The highest BCUT2D eigenvalue weighted by atomic mass is 127. The van der Waals surface area contributed by atoms with Gasteiger partial charge in [-0.3, -0.25) is 0 Å². The van der Waals surface area contributed by atoms with E-state index in [1.54, 1.807) is 7.11 Å². The highest BCUT2D eigenvalue weighted by Gasteiger charge is 1.99. The molecule has 0 heterocycles. The minimum Gasteiger partial charge on any atom is -0.497 e. The van der Waals surface area contributed by atoms with Gasteiger partial charge in [0.15, 0.2) is 0 Å². The average molecular weight is 455 g/mol. The van der Waals surface area contributed by atoms with E-state index in [9.17, 15) is 0 Å². The van der Waals surface area contributed by atoms with Crippen molar-refractivity contribution in [3.8, 4) is 5.75 Å². The highest BCUT2D eigenvalue weighted by molar-refractivity contribution is 14.0. The Kier molecular flexibility index (Phi) is 10.3. The first-order valence-electron chi connectivity index (χ1n) is 8.72. The standard InChI is InChI=1S/C20H29N3O.HI/c1-4-23(5-2)16-6-15-21-17-7-9-18(10-8-17)22-19-11-13-20(24-3)14-12-19;/h7-14,21-22H,4-6,15-16H2,1-3H3;1H. The van der Waals surface area contributed by atoms with E-state index in [0.717, 1.165) is 55.4 Å². The van der Waals surface area contributed by atoms with Gasteiger partial charge in [0.25, 0.3) is 0 Å². The van der Waals surface area contributed by atoms with Crippen LogP contribution < -0.4 is 15.4 Å². The zero-order valence-electron chi connectivity index (χ0n) is 15.4. The molecule has 0 saturated carbocycles. The Labute approximate surface area is 169 Å². The lowest BCUT2D eigenvalue weighted by Gasteiger charge is -2.18. The number of rotatable bonds is 10. The summed E-state index contributed by atoms with van der Waals surface area (Å²) in [5, 5.41) is 6.87. The molecule has 0 fully saturated rings. The van der Waals surface area contributed by atoms with Gasteiger partial charge in [-0.1, -0.05) is 13.8 Å². The Bertz CT molecular complexity index is 583. The number of benzene rings is 2. The summed E-state index contributed by atoms with van der Waals surface area (Å²) < 4.78 is 5.17. The Morgan fingerprint density at radius 2 is 1.36 bits per heavy atom. The van der Waals surface area contributed by atoms with Crippen LogP contribution in [0.5, 0.6) is 5.75 Å². The summed E-state index contributed by atoms with van der Waals surface area (Å²) in [6.07, 6.45) is 1.16. The smallest absolute Gasteiger partial charge is 0.119 e. The Balaban J connectivity index is 0.00000312. The second-order valence-corrected chi connectivity index (χ2v) is 5.74. The summed E-state index contributed by atoms with van der Waals surface area (Å²) >= 11 is 0. The molecular weight excluding hydrogens is 425 g/mol. The molecule has 5 heteroatoms. The topological polar surface area (TPSA) is 36.5 Å². The van der Waals surface area contributed by atoms with Gasteiger partial charge in [0, 0.05) is 23.6 Å². The van der Waals surface area contributed by atoms with Gasteiger partial charge >= 0.3 is 0 Å². The monoisotopic (exact) mass is 455 g/mol. The minimum absolute atomic E-state index is 0. The summed E-state index contributed by atoms with van der Waals surface area (Å²) in [5.74, 6) is 0.866. The van der Waals surface area contributed by atoms with Crippen molar-refractivity contribution < 1.29 is 4.74 Å². The number of anilines is 3. The number of methoxy groups -OCH3 is 1. The predicted octanol–water partition coefficient (Wildman–Crippen LogP) is 5.20. The number of halogens is 1. The fraction of sp³-hybridized carbons (Fsp3) is 0.400. The maximum absolute atomic E-state index is 5.17. The van der Waals surface area contributed by atoms with Gasteiger partial charge in [0.1, 0.15) is 5.75 Å². The van der Waals surface area contributed by atoms with Crippen molar-refractivity contribution in [3.63, 3.8) is 0 Å². The van der Waals surface area contributed by atoms with Gasteiger partial charge in [0.2, 0.25) is 0 Å². The van der Waals surface area contributed by atoms with E-state index < -0.39 is 0 Å². The number of nitrogens with one attached hydrogen (secondary N) is 2. The van der Waals surface area contributed by atoms with Crippen LogP contribution in [0.4, 0.5) is 17.1 Å².